The Morgan fingerprint density at radius 2 is 0.425 bits per heavy atom. The Morgan fingerprint density at radius 3 is 0.603 bits per heavy atom. The number of hydrogen-bond donors (Lipinski definition) is 7. The lowest BCUT2D eigenvalue weighted by molar-refractivity contribution is -0.165. The van der Waals surface area contributed by atoms with E-state index in [1.807, 2.05) is 56.9 Å². The summed E-state index contributed by atoms with van der Waals surface area (Å²) in [4.78, 5) is 0. The molecule has 13 fully saturated rings. The first-order chi connectivity index (χ1) is 35.8. The monoisotopic (exact) mass is 1130 g/mol. The summed E-state index contributed by atoms with van der Waals surface area (Å²) in [6.07, 6.45) is 19.7. The molecule has 0 aromatic rings. The third-order valence-electron chi connectivity index (χ3n) is 23.9. The van der Waals surface area contributed by atoms with Gasteiger partial charge in [0, 0.05) is 127 Å². The number of ether oxygens (including phenoxy) is 8. The van der Waals surface area contributed by atoms with Gasteiger partial charge in [-0.3, -0.25) is 37.2 Å². The van der Waals surface area contributed by atoms with E-state index in [2.05, 4.69) is 63.2 Å². The summed E-state index contributed by atoms with van der Waals surface area (Å²) in [5, 5.41) is 31.2. The van der Waals surface area contributed by atoms with Crippen LogP contribution in [-0.4, -0.2) is 158 Å². The van der Waals surface area contributed by atoms with Gasteiger partial charge >= 0.3 is 0 Å². The molecule has 17 heteroatoms. The van der Waals surface area contributed by atoms with Crippen LogP contribution in [0.4, 0.5) is 0 Å². The van der Waals surface area contributed by atoms with Gasteiger partial charge in [-0.2, -0.15) is 0 Å². The topological polar surface area (TPSA) is 161 Å². The minimum Gasteiger partial charge on any atom is -0.381 e. The largest absolute Gasteiger partial charge is 0.381 e. The molecule has 13 aliphatic rings. The summed E-state index contributed by atoms with van der Waals surface area (Å²) < 4.78 is 57.9. The standard InChI is InChI=1S/C56H95IN8O8/c1-66-41-25-17-9-10-18-26(25)42(67-2)34-33(41)49-58-50(34)60-52-36-38(46(71-6)30-22-14-12-20-28(30)44(36)69-4)54(62-52)64-56-40-39(47(72-7)31-23-15-16-24-32(31)48(40)73-8)55(65(56)57)63-53-37-35(51(59-49)61-53)43(68-3)27-19-11-13-21-29(27)45(37)70-5/h25-56,58-64H,9-24H2,1-8H3. The van der Waals surface area contributed by atoms with E-state index < -0.39 is 0 Å². The van der Waals surface area contributed by atoms with E-state index in [4.69, 9.17) is 37.9 Å². The fourth-order valence-corrected chi connectivity index (χ4v) is 22.8. The molecule has 5 heterocycles. The van der Waals surface area contributed by atoms with Crippen LogP contribution in [0.15, 0.2) is 0 Å². The number of fused-ring (bicyclic) bond motifs is 24. The summed E-state index contributed by atoms with van der Waals surface area (Å²) in [6, 6.07) is 0. The van der Waals surface area contributed by atoms with Gasteiger partial charge in [0.1, 0.15) is 0 Å². The van der Waals surface area contributed by atoms with E-state index in [9.17, 15) is 0 Å². The Kier molecular flexibility index (Phi) is 15.5. The van der Waals surface area contributed by atoms with E-state index in [1.165, 1.54) is 103 Å². The van der Waals surface area contributed by atoms with E-state index in [0.717, 1.165) is 0 Å². The van der Waals surface area contributed by atoms with Gasteiger partial charge in [0.25, 0.3) is 0 Å². The molecule has 32 unspecified atom stereocenters. The fourth-order valence-electron chi connectivity index (χ4n) is 21.8. The van der Waals surface area contributed by atoms with Crippen LogP contribution < -0.4 is 37.2 Å². The van der Waals surface area contributed by atoms with Gasteiger partial charge in [-0.25, -0.2) is 3.11 Å². The molecule has 0 aromatic carbocycles. The SMILES string of the molecule is COC1C2CCCCC2C(OC)C2C3NC(NC4NC(NC5C6C(OC)C7CCCCC7C(OC)C6C(NC6NC(N3)C3C(OC)C7CCCCC7C(OC)C63)N5I)C3C(OC)C5CCCCC5C(OC)C43)C12. The summed E-state index contributed by atoms with van der Waals surface area (Å²) >= 11 is 2.72. The van der Waals surface area contributed by atoms with Gasteiger partial charge in [0.05, 0.1) is 98.2 Å². The molecule has 0 amide bonds. The minimum atomic E-state index is -0.0616. The molecule has 8 saturated carbocycles. The second-order valence-electron chi connectivity index (χ2n) is 25.9. The quantitative estimate of drug-likeness (QED) is 0.132. The van der Waals surface area contributed by atoms with Crippen LogP contribution in [-0.2, 0) is 37.9 Å². The van der Waals surface area contributed by atoms with Crippen LogP contribution in [0.2, 0.25) is 0 Å². The first-order valence-electron chi connectivity index (χ1n) is 29.8. The zero-order valence-corrected chi connectivity index (χ0v) is 47.5. The number of rotatable bonds is 8. The van der Waals surface area contributed by atoms with E-state index in [0.29, 0.717) is 47.3 Å². The van der Waals surface area contributed by atoms with Gasteiger partial charge in [-0.15, -0.1) is 0 Å². The van der Waals surface area contributed by atoms with Crippen LogP contribution in [0, 0.1) is 94.7 Å². The third kappa shape index (κ3) is 8.18. The van der Waals surface area contributed by atoms with Crippen molar-refractivity contribution in [2.75, 3.05) is 56.9 Å². The molecule has 0 spiro atoms. The second kappa shape index (κ2) is 21.5. The average molecular weight is 1140 g/mol. The van der Waals surface area contributed by atoms with E-state index in [1.54, 1.807) is 0 Å². The number of nitrogens with one attached hydrogen (secondary N) is 7. The van der Waals surface area contributed by atoms with Gasteiger partial charge in [0.2, 0.25) is 0 Å². The van der Waals surface area contributed by atoms with Crippen molar-refractivity contribution in [3.05, 3.63) is 0 Å². The Balaban J connectivity index is 0.973. The van der Waals surface area contributed by atoms with Crippen LogP contribution in [0.1, 0.15) is 103 Å². The lowest BCUT2D eigenvalue weighted by Crippen LogP contribution is -2.63. The number of halogens is 1. The molecule has 0 aromatic heterocycles. The molecule has 16 nitrogen and oxygen atoms in total. The molecular formula is C56H95IN8O8. The first-order valence-corrected chi connectivity index (χ1v) is 30.8. The Bertz CT molecular complexity index is 1780. The molecule has 5 aliphatic heterocycles. The Hall–Kier alpha value is 0.0900. The first kappa shape index (κ1) is 52.5. The molecule has 414 valence electrons. The zero-order chi connectivity index (χ0) is 50.0. The molecule has 5 saturated heterocycles. The van der Waals surface area contributed by atoms with E-state index in [-0.39, 0.29) is 146 Å². The lowest BCUT2D eigenvalue weighted by atomic mass is 9.58. The minimum absolute atomic E-state index is 0.0219. The molecule has 13 rings (SSSR count). The normalized spacial score (nSPS) is 57.3. The van der Waals surface area contributed by atoms with E-state index >= 15 is 0 Å². The summed E-state index contributed by atoms with van der Waals surface area (Å²) in [7, 11) is 15.9. The number of hydrogen-bond acceptors (Lipinski definition) is 16. The molecule has 32 atom stereocenters. The molecule has 8 aliphatic carbocycles. The molecule has 7 N–H and O–H groups in total. The molecule has 0 radical (unpaired) electrons. The van der Waals surface area contributed by atoms with Gasteiger partial charge < -0.3 is 37.9 Å². The highest BCUT2D eigenvalue weighted by Crippen LogP contribution is 2.59. The highest BCUT2D eigenvalue weighted by Gasteiger charge is 2.69. The van der Waals surface area contributed by atoms with Gasteiger partial charge in [0.15, 0.2) is 0 Å². The second-order valence-corrected chi connectivity index (χ2v) is 27.1. The number of nitrogens with zero attached hydrogens (tertiary/aromatic N) is 1. The van der Waals surface area contributed by atoms with Gasteiger partial charge in [-0.05, 0) is 98.7 Å². The molecule has 73 heavy (non-hydrogen) atoms. The van der Waals surface area contributed by atoms with Gasteiger partial charge in [-0.1, -0.05) is 51.4 Å². The van der Waals surface area contributed by atoms with Crippen molar-refractivity contribution in [1.29, 1.82) is 0 Å². The fraction of sp³-hybridized carbons (Fsp3) is 1.00. The van der Waals surface area contributed by atoms with Crippen molar-refractivity contribution in [2.45, 2.75) is 201 Å². The summed E-state index contributed by atoms with van der Waals surface area (Å²) in [5.74, 6) is 4.81. The average Bonchev–Trinajstić information content (AvgIpc) is 4.15. The smallest absolute Gasteiger partial charge is 0.0775 e. The van der Waals surface area contributed by atoms with Crippen molar-refractivity contribution < 1.29 is 37.9 Å². The third-order valence-corrected chi connectivity index (χ3v) is 25.1. The van der Waals surface area contributed by atoms with Crippen molar-refractivity contribution in [2.24, 2.45) is 94.7 Å². The lowest BCUT2D eigenvalue weighted by Gasteiger charge is -2.54. The van der Waals surface area contributed by atoms with Crippen LogP contribution in [0.25, 0.3) is 0 Å². The summed E-state index contributed by atoms with van der Waals surface area (Å²) in [5.41, 5.74) is 0. The van der Waals surface area contributed by atoms with Crippen LogP contribution in [0.3, 0.4) is 0 Å². The number of methoxy groups -OCH3 is 8. The Labute approximate surface area is 451 Å². The summed E-state index contributed by atoms with van der Waals surface area (Å²) in [6.45, 7) is 0. The zero-order valence-electron chi connectivity index (χ0n) is 45.4. The van der Waals surface area contributed by atoms with Crippen molar-refractivity contribution in [1.82, 2.24) is 40.3 Å². The molecule has 8 bridgehead atoms. The molecular weight excluding hydrogens is 1040 g/mol. The maximum Gasteiger partial charge on any atom is 0.0775 e. The Morgan fingerprint density at radius 1 is 0.260 bits per heavy atom. The predicted molar refractivity (Wildman–Crippen MR) is 284 cm³/mol. The maximum atomic E-state index is 6.93. The predicted octanol–water partition coefficient (Wildman–Crippen LogP) is 4.77. The van der Waals surface area contributed by atoms with Crippen LogP contribution in [0.5, 0.6) is 0 Å². The van der Waals surface area contributed by atoms with Crippen molar-refractivity contribution in [3.63, 3.8) is 0 Å². The van der Waals surface area contributed by atoms with Crippen molar-refractivity contribution >= 4 is 22.9 Å². The van der Waals surface area contributed by atoms with Crippen LogP contribution >= 0.6 is 22.9 Å². The highest BCUT2D eigenvalue weighted by molar-refractivity contribution is 14.1. The maximum absolute atomic E-state index is 6.93. The van der Waals surface area contributed by atoms with Crippen molar-refractivity contribution in [3.8, 4) is 0 Å². The highest BCUT2D eigenvalue weighted by atomic mass is 127.